The third kappa shape index (κ3) is 6.59. The van der Waals surface area contributed by atoms with E-state index in [-0.39, 0.29) is 37.0 Å². The summed E-state index contributed by atoms with van der Waals surface area (Å²) in [5.41, 5.74) is 2.47. The number of halogens is 1. The van der Waals surface area contributed by atoms with Crippen molar-refractivity contribution in [3.8, 4) is 0 Å². The predicted molar refractivity (Wildman–Crippen MR) is 124 cm³/mol. The number of amides is 1. The first-order valence-electron chi connectivity index (χ1n) is 11.1. The second-order valence-electron chi connectivity index (χ2n) is 8.76. The van der Waals surface area contributed by atoms with Gasteiger partial charge in [-0.15, -0.1) is 0 Å². The van der Waals surface area contributed by atoms with Gasteiger partial charge in [0.2, 0.25) is 0 Å². The van der Waals surface area contributed by atoms with Crippen LogP contribution in [0.3, 0.4) is 0 Å². The molecular formula is C23H27FN4O6S. The van der Waals surface area contributed by atoms with Crippen molar-refractivity contribution in [1.29, 1.82) is 0 Å². The molecule has 1 N–H and O–H groups in total. The number of nitrogens with one attached hydrogen (secondary N) is 1. The highest BCUT2D eigenvalue weighted by atomic mass is 32.2. The van der Waals surface area contributed by atoms with Crippen molar-refractivity contribution >= 4 is 21.5 Å². The van der Waals surface area contributed by atoms with Crippen molar-refractivity contribution in [2.75, 3.05) is 25.2 Å². The van der Waals surface area contributed by atoms with Crippen LogP contribution in [0.4, 0.5) is 4.39 Å². The SMILES string of the molecule is Cc1nc(C(=O)NCc2ccc(F)c(C)c2)cc(C2=NO[C@H]([C@H]3CO[C@H](CS(C)(=O)=O)CO3)C2)n1. The minimum atomic E-state index is -3.16. The Kier molecular flexibility index (Phi) is 7.43. The van der Waals surface area contributed by atoms with Gasteiger partial charge in [-0.3, -0.25) is 4.79 Å². The molecule has 2 aliphatic rings. The minimum absolute atomic E-state index is 0.0984. The Hall–Kier alpha value is -2.96. The molecule has 2 aliphatic heterocycles. The monoisotopic (exact) mass is 506 g/mol. The van der Waals surface area contributed by atoms with Gasteiger partial charge in [0.05, 0.1) is 30.8 Å². The minimum Gasteiger partial charge on any atom is -0.389 e. The van der Waals surface area contributed by atoms with Crippen molar-refractivity contribution in [2.45, 2.75) is 45.1 Å². The molecule has 1 aromatic carbocycles. The Labute approximate surface area is 202 Å². The van der Waals surface area contributed by atoms with Gasteiger partial charge in [0, 0.05) is 19.2 Å². The van der Waals surface area contributed by atoms with E-state index in [9.17, 15) is 17.6 Å². The average Bonchev–Trinajstić information content (AvgIpc) is 3.29. The van der Waals surface area contributed by atoms with E-state index in [1.807, 2.05) is 0 Å². The summed E-state index contributed by atoms with van der Waals surface area (Å²) >= 11 is 0. The highest BCUT2D eigenvalue weighted by Crippen LogP contribution is 2.23. The van der Waals surface area contributed by atoms with Crippen LogP contribution in [0.15, 0.2) is 29.4 Å². The third-order valence-electron chi connectivity index (χ3n) is 5.63. The van der Waals surface area contributed by atoms with Crippen molar-refractivity contribution in [3.63, 3.8) is 0 Å². The van der Waals surface area contributed by atoms with Gasteiger partial charge in [0.1, 0.15) is 39.0 Å². The van der Waals surface area contributed by atoms with Crippen molar-refractivity contribution in [1.82, 2.24) is 15.3 Å². The van der Waals surface area contributed by atoms with Gasteiger partial charge < -0.3 is 19.6 Å². The van der Waals surface area contributed by atoms with Crippen LogP contribution in [-0.2, 0) is 30.7 Å². The molecular weight excluding hydrogens is 479 g/mol. The second kappa shape index (κ2) is 10.3. The number of carbonyl (C=O) groups excluding carboxylic acids is 1. The van der Waals surface area contributed by atoms with Crippen LogP contribution in [0.2, 0.25) is 0 Å². The van der Waals surface area contributed by atoms with Crippen molar-refractivity contribution < 1.29 is 31.9 Å². The Morgan fingerprint density at radius 3 is 2.63 bits per heavy atom. The van der Waals surface area contributed by atoms with Gasteiger partial charge in [-0.05, 0) is 37.1 Å². The van der Waals surface area contributed by atoms with Crippen LogP contribution in [0, 0.1) is 19.7 Å². The summed E-state index contributed by atoms with van der Waals surface area (Å²) in [5, 5.41) is 6.91. The number of nitrogens with zero attached hydrogens (tertiary/aromatic N) is 3. The quantitative estimate of drug-likeness (QED) is 0.598. The molecule has 3 atom stereocenters. The standard InChI is InChI=1S/C23H27FN4O6S/c1-13-6-15(4-5-17(13)24)9-25-23(29)20-7-18(26-14(2)27-20)19-8-21(34-28-19)22-11-32-16(10-33-22)12-35(3,30)31/h4-7,16,21-22H,8-12H2,1-3H3,(H,25,29)/t16-,21-,22+/m0/s1. The van der Waals surface area contributed by atoms with Gasteiger partial charge in [-0.2, -0.15) is 0 Å². The van der Waals surface area contributed by atoms with E-state index in [2.05, 4.69) is 20.4 Å². The highest BCUT2D eigenvalue weighted by Gasteiger charge is 2.36. The van der Waals surface area contributed by atoms with E-state index in [1.165, 1.54) is 6.07 Å². The molecule has 0 unspecified atom stereocenters. The summed E-state index contributed by atoms with van der Waals surface area (Å²) in [6.45, 7) is 3.91. The van der Waals surface area contributed by atoms with Crippen LogP contribution in [0.1, 0.15) is 39.6 Å². The largest absolute Gasteiger partial charge is 0.389 e. The molecule has 0 spiro atoms. The number of aromatic nitrogens is 2. The maximum atomic E-state index is 13.5. The molecule has 3 heterocycles. The lowest BCUT2D eigenvalue weighted by atomic mass is 10.0. The summed E-state index contributed by atoms with van der Waals surface area (Å²) in [6, 6.07) is 6.20. The fraction of sp³-hybridized carbons (Fsp3) is 0.478. The van der Waals surface area contributed by atoms with Crippen LogP contribution >= 0.6 is 0 Å². The molecule has 188 valence electrons. The lowest BCUT2D eigenvalue weighted by Gasteiger charge is -2.31. The topological polar surface area (TPSA) is 129 Å². The molecule has 2 aromatic rings. The first kappa shape index (κ1) is 25.1. The first-order valence-corrected chi connectivity index (χ1v) is 13.2. The van der Waals surface area contributed by atoms with Gasteiger partial charge in [-0.1, -0.05) is 17.3 Å². The summed E-state index contributed by atoms with van der Waals surface area (Å²) in [6.07, 6.45) is 0.213. The van der Waals surface area contributed by atoms with Crippen molar-refractivity contribution in [2.24, 2.45) is 5.16 Å². The predicted octanol–water partition coefficient (Wildman–Crippen LogP) is 1.48. The zero-order valence-electron chi connectivity index (χ0n) is 19.7. The Morgan fingerprint density at radius 2 is 1.94 bits per heavy atom. The molecule has 0 aliphatic carbocycles. The highest BCUT2D eigenvalue weighted by molar-refractivity contribution is 7.90. The van der Waals surface area contributed by atoms with E-state index in [1.54, 1.807) is 32.0 Å². The summed E-state index contributed by atoms with van der Waals surface area (Å²) in [7, 11) is -3.16. The van der Waals surface area contributed by atoms with E-state index < -0.39 is 34.1 Å². The zero-order chi connectivity index (χ0) is 25.2. The molecule has 0 saturated carbocycles. The van der Waals surface area contributed by atoms with Crippen molar-refractivity contribution in [3.05, 3.63) is 58.4 Å². The Morgan fingerprint density at radius 1 is 1.14 bits per heavy atom. The fourth-order valence-corrected chi connectivity index (χ4v) is 4.74. The summed E-state index contributed by atoms with van der Waals surface area (Å²) in [5.74, 6) is -0.389. The number of sulfone groups is 1. The summed E-state index contributed by atoms with van der Waals surface area (Å²) in [4.78, 5) is 26.9. The maximum Gasteiger partial charge on any atom is 0.270 e. The molecule has 12 heteroatoms. The van der Waals surface area contributed by atoms with Crippen LogP contribution in [0.5, 0.6) is 0 Å². The number of rotatable bonds is 7. The van der Waals surface area contributed by atoms with Gasteiger partial charge in [-0.25, -0.2) is 22.8 Å². The molecule has 1 aromatic heterocycles. The van der Waals surface area contributed by atoms with Crippen LogP contribution < -0.4 is 5.32 Å². The molecule has 0 bridgehead atoms. The molecule has 1 amide bonds. The smallest absolute Gasteiger partial charge is 0.270 e. The number of hydrogen-bond donors (Lipinski definition) is 1. The number of ether oxygens (including phenoxy) is 2. The molecule has 4 rings (SSSR count). The Balaban J connectivity index is 1.35. The van der Waals surface area contributed by atoms with E-state index in [4.69, 9.17) is 14.3 Å². The lowest BCUT2D eigenvalue weighted by molar-refractivity contribution is -0.165. The van der Waals surface area contributed by atoms with Crippen LogP contribution in [0.25, 0.3) is 0 Å². The molecule has 10 nitrogen and oxygen atoms in total. The maximum absolute atomic E-state index is 13.5. The van der Waals surface area contributed by atoms with E-state index in [0.717, 1.165) is 11.8 Å². The van der Waals surface area contributed by atoms with Crippen LogP contribution in [-0.4, -0.2) is 73.5 Å². The van der Waals surface area contributed by atoms with E-state index in [0.29, 0.717) is 29.2 Å². The normalized spacial score (nSPS) is 22.4. The number of hydrogen-bond acceptors (Lipinski definition) is 9. The van der Waals surface area contributed by atoms with Gasteiger partial charge >= 0.3 is 0 Å². The second-order valence-corrected chi connectivity index (χ2v) is 10.9. The number of carbonyl (C=O) groups is 1. The third-order valence-corrected chi connectivity index (χ3v) is 6.61. The average molecular weight is 507 g/mol. The zero-order valence-corrected chi connectivity index (χ0v) is 20.5. The number of aryl methyl sites for hydroxylation is 2. The molecule has 35 heavy (non-hydrogen) atoms. The number of benzene rings is 1. The molecule has 1 saturated heterocycles. The fourth-order valence-electron chi connectivity index (χ4n) is 3.88. The first-order chi connectivity index (χ1) is 16.6. The van der Waals surface area contributed by atoms with Gasteiger partial charge in [0.25, 0.3) is 5.91 Å². The lowest BCUT2D eigenvalue weighted by Crippen LogP contribution is -2.44. The summed E-state index contributed by atoms with van der Waals surface area (Å²) < 4.78 is 47.8. The Bertz CT molecular complexity index is 1240. The molecule has 1 fully saturated rings. The van der Waals surface area contributed by atoms with E-state index >= 15 is 0 Å². The van der Waals surface area contributed by atoms with Gasteiger partial charge in [0.15, 0.2) is 6.10 Å². The number of oxime groups is 1. The molecule has 0 radical (unpaired) electrons.